The molecule has 2 aromatic heterocycles. The highest BCUT2D eigenvalue weighted by Gasteiger charge is 2.22. The lowest BCUT2D eigenvalue weighted by Crippen LogP contribution is -2.31. The normalized spacial score (nSPS) is 14.5. The molecule has 2 N–H and O–H groups in total. The largest absolute Gasteiger partial charge is 0.373 e. The predicted molar refractivity (Wildman–Crippen MR) is 93.5 cm³/mol. The first-order valence-electron chi connectivity index (χ1n) is 8.51. The Bertz CT molecular complexity index is 683. The minimum atomic E-state index is 0.181. The molecular weight excluding hydrogens is 302 g/mol. The van der Waals surface area contributed by atoms with E-state index in [1.165, 1.54) is 12.8 Å². The van der Waals surface area contributed by atoms with Gasteiger partial charge in [-0.3, -0.25) is 9.78 Å². The number of rotatable bonds is 6. The average molecular weight is 325 g/mol. The number of amides is 1. The van der Waals surface area contributed by atoms with Crippen LogP contribution in [0.15, 0.2) is 30.5 Å². The summed E-state index contributed by atoms with van der Waals surface area (Å²) in [5.74, 6) is 1.73. The van der Waals surface area contributed by atoms with Gasteiger partial charge in [0.15, 0.2) is 5.82 Å². The second-order valence-corrected chi connectivity index (χ2v) is 6.06. The van der Waals surface area contributed by atoms with E-state index < -0.39 is 0 Å². The Morgan fingerprint density at radius 1 is 1.25 bits per heavy atom. The number of hydrogen-bond acceptors (Lipinski definition) is 5. The second-order valence-electron chi connectivity index (χ2n) is 6.06. The highest BCUT2D eigenvalue weighted by atomic mass is 16.1. The van der Waals surface area contributed by atoms with Crippen molar-refractivity contribution in [1.82, 2.24) is 20.3 Å². The van der Waals surface area contributed by atoms with E-state index in [-0.39, 0.29) is 11.8 Å². The number of carbonyl (C=O) groups is 1. The molecule has 0 atom stereocenters. The van der Waals surface area contributed by atoms with E-state index in [0.717, 1.165) is 30.0 Å². The van der Waals surface area contributed by atoms with Gasteiger partial charge in [0, 0.05) is 43.9 Å². The summed E-state index contributed by atoms with van der Waals surface area (Å²) in [5.41, 5.74) is 1.63. The average Bonchev–Trinajstić information content (AvgIpc) is 3.17. The Hall–Kier alpha value is -2.50. The van der Waals surface area contributed by atoms with E-state index in [9.17, 15) is 4.79 Å². The van der Waals surface area contributed by atoms with Crippen molar-refractivity contribution in [3.63, 3.8) is 0 Å². The van der Waals surface area contributed by atoms with E-state index >= 15 is 0 Å². The number of hydrogen-bond donors (Lipinski definition) is 2. The first-order valence-corrected chi connectivity index (χ1v) is 8.51. The molecule has 1 aliphatic rings. The lowest BCUT2D eigenvalue weighted by atomic mass is 10.1. The zero-order valence-corrected chi connectivity index (χ0v) is 14.0. The van der Waals surface area contributed by atoms with E-state index in [2.05, 4.69) is 25.6 Å². The van der Waals surface area contributed by atoms with Crippen LogP contribution in [0.2, 0.25) is 0 Å². The topological polar surface area (TPSA) is 79.8 Å². The molecule has 0 unspecified atom stereocenters. The lowest BCUT2D eigenvalue weighted by Gasteiger charge is -2.11. The zero-order valence-electron chi connectivity index (χ0n) is 14.0. The molecule has 0 saturated heterocycles. The Morgan fingerprint density at radius 3 is 2.79 bits per heavy atom. The molecule has 6 heteroatoms. The summed E-state index contributed by atoms with van der Waals surface area (Å²) in [7, 11) is 1.83. The van der Waals surface area contributed by atoms with Gasteiger partial charge in [0.25, 0.3) is 0 Å². The number of aromatic nitrogens is 3. The highest BCUT2D eigenvalue weighted by molar-refractivity contribution is 5.78. The monoisotopic (exact) mass is 325 g/mol. The molecule has 0 bridgehead atoms. The molecule has 24 heavy (non-hydrogen) atoms. The van der Waals surface area contributed by atoms with Gasteiger partial charge in [-0.25, -0.2) is 9.97 Å². The summed E-state index contributed by atoms with van der Waals surface area (Å²) in [4.78, 5) is 25.4. The van der Waals surface area contributed by atoms with Gasteiger partial charge in [-0.1, -0.05) is 18.9 Å². The molecule has 1 fully saturated rings. The van der Waals surface area contributed by atoms with Gasteiger partial charge in [-0.05, 0) is 25.0 Å². The van der Waals surface area contributed by atoms with Crippen LogP contribution in [-0.4, -0.2) is 34.5 Å². The second kappa shape index (κ2) is 7.86. The Balaban J connectivity index is 1.65. The molecule has 1 saturated carbocycles. The van der Waals surface area contributed by atoms with Crippen molar-refractivity contribution in [3.8, 4) is 11.5 Å². The Kier molecular flexibility index (Phi) is 5.36. The molecule has 0 spiro atoms. The van der Waals surface area contributed by atoms with Crippen LogP contribution < -0.4 is 10.6 Å². The van der Waals surface area contributed by atoms with Crippen molar-refractivity contribution in [2.24, 2.45) is 5.92 Å². The van der Waals surface area contributed by atoms with Crippen molar-refractivity contribution in [2.45, 2.75) is 32.1 Å². The van der Waals surface area contributed by atoms with Crippen molar-refractivity contribution in [1.29, 1.82) is 0 Å². The van der Waals surface area contributed by atoms with Crippen LogP contribution in [-0.2, 0) is 11.2 Å². The fourth-order valence-corrected chi connectivity index (χ4v) is 3.01. The van der Waals surface area contributed by atoms with E-state index in [1.807, 2.05) is 31.3 Å². The number of anilines is 1. The summed E-state index contributed by atoms with van der Waals surface area (Å²) in [6.07, 6.45) is 6.79. The fourth-order valence-electron chi connectivity index (χ4n) is 3.01. The lowest BCUT2D eigenvalue weighted by molar-refractivity contribution is -0.124. The highest BCUT2D eigenvalue weighted by Crippen LogP contribution is 2.24. The van der Waals surface area contributed by atoms with Gasteiger partial charge in [0.2, 0.25) is 5.91 Å². The summed E-state index contributed by atoms with van der Waals surface area (Å²) >= 11 is 0. The quantitative estimate of drug-likeness (QED) is 0.852. The number of nitrogens with zero attached hydrogens (tertiary/aromatic N) is 3. The Morgan fingerprint density at radius 2 is 2.08 bits per heavy atom. The third kappa shape index (κ3) is 4.07. The molecule has 0 aromatic carbocycles. The third-order valence-electron chi connectivity index (χ3n) is 4.34. The molecular formula is C18H23N5O. The Labute approximate surface area is 142 Å². The van der Waals surface area contributed by atoms with Gasteiger partial charge in [0.05, 0.1) is 0 Å². The van der Waals surface area contributed by atoms with E-state index in [1.54, 1.807) is 6.20 Å². The predicted octanol–water partition coefficient (Wildman–Crippen LogP) is 2.43. The van der Waals surface area contributed by atoms with Crippen LogP contribution in [0, 0.1) is 5.92 Å². The van der Waals surface area contributed by atoms with E-state index in [0.29, 0.717) is 18.8 Å². The summed E-state index contributed by atoms with van der Waals surface area (Å²) in [6.45, 7) is 0.594. The summed E-state index contributed by atoms with van der Waals surface area (Å²) < 4.78 is 0. The van der Waals surface area contributed by atoms with E-state index in [4.69, 9.17) is 0 Å². The maximum absolute atomic E-state index is 12.1. The maximum Gasteiger partial charge on any atom is 0.223 e. The van der Waals surface area contributed by atoms with Crippen LogP contribution in [0.3, 0.4) is 0 Å². The summed E-state index contributed by atoms with van der Waals surface area (Å²) in [5, 5.41) is 6.09. The van der Waals surface area contributed by atoms with Gasteiger partial charge in [-0.15, -0.1) is 0 Å². The minimum Gasteiger partial charge on any atom is -0.373 e. The number of carbonyl (C=O) groups excluding carboxylic acids is 1. The van der Waals surface area contributed by atoms with Crippen LogP contribution >= 0.6 is 0 Å². The standard InChI is InChI=1S/C18H23N5O/c1-19-16-12-14(9-11-21-18(24)13-6-2-3-7-13)22-17(23-16)15-8-4-5-10-20-15/h4-5,8,10,12-13H,2-3,6-7,9,11H2,1H3,(H,21,24)(H,19,22,23). The molecule has 0 aliphatic heterocycles. The van der Waals surface area contributed by atoms with Crippen LogP contribution in [0.4, 0.5) is 5.82 Å². The first-order chi connectivity index (χ1) is 11.8. The maximum atomic E-state index is 12.1. The van der Waals surface area contributed by atoms with Crippen molar-refractivity contribution in [2.75, 3.05) is 18.9 Å². The molecule has 0 radical (unpaired) electrons. The van der Waals surface area contributed by atoms with Crippen LogP contribution in [0.25, 0.3) is 11.5 Å². The third-order valence-corrected chi connectivity index (χ3v) is 4.34. The van der Waals surface area contributed by atoms with Gasteiger partial charge in [0.1, 0.15) is 11.5 Å². The van der Waals surface area contributed by atoms with Crippen molar-refractivity contribution in [3.05, 3.63) is 36.2 Å². The fraction of sp³-hybridized carbons (Fsp3) is 0.444. The molecule has 2 aromatic rings. The van der Waals surface area contributed by atoms with Crippen molar-refractivity contribution >= 4 is 11.7 Å². The van der Waals surface area contributed by atoms with Crippen LogP contribution in [0.5, 0.6) is 0 Å². The van der Waals surface area contributed by atoms with Gasteiger partial charge < -0.3 is 10.6 Å². The smallest absolute Gasteiger partial charge is 0.223 e. The van der Waals surface area contributed by atoms with Gasteiger partial charge >= 0.3 is 0 Å². The molecule has 3 rings (SSSR count). The molecule has 1 amide bonds. The number of pyridine rings is 1. The molecule has 2 heterocycles. The molecule has 6 nitrogen and oxygen atoms in total. The number of nitrogens with one attached hydrogen (secondary N) is 2. The van der Waals surface area contributed by atoms with Gasteiger partial charge in [-0.2, -0.15) is 0 Å². The SMILES string of the molecule is CNc1cc(CCNC(=O)C2CCCC2)nc(-c2ccccn2)n1. The summed E-state index contributed by atoms with van der Waals surface area (Å²) in [6, 6.07) is 7.58. The molecule has 126 valence electrons. The van der Waals surface area contributed by atoms with Crippen molar-refractivity contribution < 1.29 is 4.79 Å². The molecule has 1 aliphatic carbocycles. The minimum absolute atomic E-state index is 0.181. The van der Waals surface area contributed by atoms with Crippen LogP contribution in [0.1, 0.15) is 31.4 Å². The first kappa shape index (κ1) is 16.4. The zero-order chi connectivity index (χ0) is 16.8.